The molecule has 0 amide bonds. The van der Waals surface area contributed by atoms with Gasteiger partial charge in [-0.3, -0.25) is 0 Å². The van der Waals surface area contributed by atoms with Crippen LogP contribution in [-0.4, -0.2) is 28.5 Å². The minimum Gasteiger partial charge on any atom is -0.496 e. The van der Waals surface area contributed by atoms with Crippen molar-refractivity contribution in [3.8, 4) is 17.0 Å². The van der Waals surface area contributed by atoms with Gasteiger partial charge in [0.15, 0.2) is 0 Å². The number of hydrogen-bond donors (Lipinski definition) is 2. The van der Waals surface area contributed by atoms with Crippen LogP contribution in [0.25, 0.3) is 11.3 Å². The average molecular weight is 367 g/mol. The maximum Gasteiger partial charge on any atom is 0.229 e. The van der Waals surface area contributed by atoms with E-state index in [1.807, 2.05) is 38.2 Å². The van der Waals surface area contributed by atoms with Crippen LogP contribution in [0, 0.1) is 6.92 Å². The van der Waals surface area contributed by atoms with Crippen molar-refractivity contribution in [3.05, 3.63) is 40.9 Å². The maximum atomic E-state index is 5.54. The van der Waals surface area contributed by atoms with Crippen molar-refractivity contribution < 1.29 is 4.74 Å². The van der Waals surface area contributed by atoms with Crippen LogP contribution in [-0.2, 0) is 0 Å². The summed E-state index contributed by atoms with van der Waals surface area (Å²) in [5, 5.41) is 6.33. The highest BCUT2D eigenvalue weighted by molar-refractivity contribution is 7.06. The molecule has 1 fully saturated rings. The van der Waals surface area contributed by atoms with Gasteiger partial charge >= 0.3 is 0 Å². The summed E-state index contributed by atoms with van der Waals surface area (Å²) in [6.45, 7) is 1.95. The monoisotopic (exact) mass is 367 g/mol. The molecular weight excluding hydrogens is 346 g/mol. The number of methoxy groups -OCH3 is 1. The van der Waals surface area contributed by atoms with Gasteiger partial charge in [0.1, 0.15) is 11.6 Å². The largest absolute Gasteiger partial charge is 0.496 e. The Balaban J connectivity index is 1.66. The van der Waals surface area contributed by atoms with Gasteiger partial charge in [-0.1, -0.05) is 0 Å². The van der Waals surface area contributed by atoms with Gasteiger partial charge in [-0.2, -0.15) is 9.36 Å². The fourth-order valence-corrected chi connectivity index (χ4v) is 3.75. The zero-order chi connectivity index (χ0) is 18.1. The van der Waals surface area contributed by atoms with Gasteiger partial charge in [0.25, 0.3) is 0 Å². The van der Waals surface area contributed by atoms with E-state index in [1.165, 1.54) is 17.7 Å². The Labute approximate surface area is 156 Å². The lowest BCUT2D eigenvalue weighted by molar-refractivity contribution is 0.416. The second-order valence-corrected chi connectivity index (χ2v) is 7.23. The molecule has 0 atom stereocenters. The predicted molar refractivity (Wildman–Crippen MR) is 106 cm³/mol. The van der Waals surface area contributed by atoms with E-state index < -0.39 is 0 Å². The lowest BCUT2D eigenvalue weighted by Crippen LogP contribution is -2.02. The van der Waals surface area contributed by atoms with Crippen LogP contribution in [0.3, 0.4) is 0 Å². The normalized spacial score (nSPS) is 13.5. The van der Waals surface area contributed by atoms with Crippen LogP contribution in [0.5, 0.6) is 5.75 Å². The minimum absolute atomic E-state index is 0.558. The van der Waals surface area contributed by atoms with Crippen molar-refractivity contribution in [2.24, 2.45) is 0 Å². The Kier molecular flexibility index (Phi) is 4.46. The first-order valence-corrected chi connectivity index (χ1v) is 9.39. The summed E-state index contributed by atoms with van der Waals surface area (Å²) in [5.74, 6) is 2.85. The number of benzene rings is 1. The highest BCUT2D eigenvalue weighted by Gasteiger charge is 2.26. The first kappa shape index (κ1) is 16.8. The fraction of sp³-hybridized carbons (Fsp3) is 0.316. The molecule has 2 aromatic heterocycles. The van der Waals surface area contributed by atoms with Gasteiger partial charge in [-0.15, -0.1) is 0 Å². The number of ether oxygens (including phenoxy) is 1. The molecule has 2 heterocycles. The van der Waals surface area contributed by atoms with E-state index in [9.17, 15) is 0 Å². The molecule has 6 nitrogen and oxygen atoms in total. The van der Waals surface area contributed by atoms with Gasteiger partial charge in [-0.25, -0.2) is 4.98 Å². The summed E-state index contributed by atoms with van der Waals surface area (Å²) in [6, 6.07) is 10.0. The highest BCUT2D eigenvalue weighted by atomic mass is 32.1. The molecule has 1 aliphatic rings. The summed E-state index contributed by atoms with van der Waals surface area (Å²) in [7, 11) is 3.53. The molecule has 1 saturated carbocycles. The number of nitrogens with zero attached hydrogens (tertiary/aromatic N) is 3. The van der Waals surface area contributed by atoms with E-state index in [2.05, 4.69) is 31.0 Å². The summed E-state index contributed by atoms with van der Waals surface area (Å²) >= 11 is 1.59. The summed E-state index contributed by atoms with van der Waals surface area (Å²) in [4.78, 5) is 10.3. The van der Waals surface area contributed by atoms with Crippen molar-refractivity contribution in [1.82, 2.24) is 14.3 Å². The van der Waals surface area contributed by atoms with Crippen LogP contribution in [0.15, 0.2) is 30.3 Å². The minimum atomic E-state index is 0.558. The summed E-state index contributed by atoms with van der Waals surface area (Å²) in [6.07, 6.45) is 2.55. The molecule has 7 heteroatoms. The first-order chi connectivity index (χ1) is 12.7. The van der Waals surface area contributed by atoms with E-state index >= 15 is 0 Å². The molecule has 0 aliphatic heterocycles. The van der Waals surface area contributed by atoms with Gasteiger partial charge in [0.2, 0.25) is 5.95 Å². The Hall–Kier alpha value is -2.67. The van der Waals surface area contributed by atoms with E-state index in [0.717, 1.165) is 34.2 Å². The molecule has 0 saturated heterocycles. The molecule has 0 radical (unpaired) electrons. The second kappa shape index (κ2) is 6.92. The van der Waals surface area contributed by atoms with E-state index in [1.54, 1.807) is 18.6 Å². The molecule has 26 heavy (non-hydrogen) atoms. The van der Waals surface area contributed by atoms with Crippen molar-refractivity contribution in [3.63, 3.8) is 0 Å². The number of aromatic nitrogens is 3. The Morgan fingerprint density at radius 2 is 2.00 bits per heavy atom. The smallest absolute Gasteiger partial charge is 0.229 e. The quantitative estimate of drug-likeness (QED) is 0.664. The highest BCUT2D eigenvalue weighted by Crippen LogP contribution is 2.44. The lowest BCUT2D eigenvalue weighted by Gasteiger charge is -2.11. The fourth-order valence-electron chi connectivity index (χ4n) is 2.84. The van der Waals surface area contributed by atoms with Crippen molar-refractivity contribution in [2.45, 2.75) is 25.7 Å². The zero-order valence-electron chi connectivity index (χ0n) is 15.0. The second-order valence-electron chi connectivity index (χ2n) is 6.40. The van der Waals surface area contributed by atoms with Crippen molar-refractivity contribution in [1.29, 1.82) is 0 Å². The number of aryl methyl sites for hydroxylation is 1. The van der Waals surface area contributed by atoms with Crippen molar-refractivity contribution >= 4 is 29.0 Å². The molecule has 2 N–H and O–H groups in total. The first-order valence-electron chi connectivity index (χ1n) is 8.62. The third kappa shape index (κ3) is 3.48. The van der Waals surface area contributed by atoms with E-state index in [4.69, 9.17) is 4.74 Å². The summed E-state index contributed by atoms with van der Waals surface area (Å²) < 4.78 is 10.2. The Morgan fingerprint density at radius 1 is 1.15 bits per heavy atom. The Morgan fingerprint density at radius 3 is 2.73 bits per heavy atom. The topological polar surface area (TPSA) is 72.0 Å². The third-order valence-electron chi connectivity index (χ3n) is 4.35. The zero-order valence-corrected chi connectivity index (χ0v) is 15.9. The Bertz CT molecular complexity index is 935. The molecule has 1 aromatic carbocycles. The van der Waals surface area contributed by atoms with Crippen molar-refractivity contribution in [2.75, 3.05) is 24.8 Å². The van der Waals surface area contributed by atoms with Crippen LogP contribution in [0.1, 0.15) is 29.3 Å². The average Bonchev–Trinajstić information content (AvgIpc) is 3.38. The van der Waals surface area contributed by atoms with E-state index in [-0.39, 0.29) is 0 Å². The van der Waals surface area contributed by atoms with E-state index in [0.29, 0.717) is 11.9 Å². The van der Waals surface area contributed by atoms with Gasteiger partial charge in [-0.05, 0) is 61.5 Å². The van der Waals surface area contributed by atoms with Gasteiger partial charge in [0, 0.05) is 34.9 Å². The molecule has 0 unspecified atom stereocenters. The van der Waals surface area contributed by atoms with Crippen LogP contribution in [0.2, 0.25) is 0 Å². The lowest BCUT2D eigenvalue weighted by atomic mass is 10.1. The molecule has 134 valence electrons. The number of rotatable bonds is 6. The number of hydrogen-bond acceptors (Lipinski definition) is 7. The molecular formula is C19H21N5OS. The van der Waals surface area contributed by atoms with Gasteiger partial charge in [0.05, 0.1) is 12.8 Å². The summed E-state index contributed by atoms with van der Waals surface area (Å²) in [5.41, 5.74) is 3.73. The van der Waals surface area contributed by atoms with Crippen LogP contribution >= 0.6 is 11.5 Å². The molecule has 0 bridgehead atoms. The molecule has 1 aliphatic carbocycles. The van der Waals surface area contributed by atoms with Crippen LogP contribution < -0.4 is 15.4 Å². The molecule has 0 spiro atoms. The number of anilines is 3. The molecule has 3 aromatic rings. The maximum absolute atomic E-state index is 5.54. The molecule has 4 rings (SSSR count). The van der Waals surface area contributed by atoms with Gasteiger partial charge < -0.3 is 15.4 Å². The van der Waals surface area contributed by atoms with Crippen LogP contribution in [0.4, 0.5) is 17.5 Å². The predicted octanol–water partition coefficient (Wildman–Crippen LogP) is 4.58. The third-order valence-corrected chi connectivity index (χ3v) is 5.30. The standard InChI is InChI=1S/C19H21N5OS/c1-11-8-18(20-2)23-19(21-11)22-13-6-7-16(25-3)14(9-13)15-10-17(26-24-15)12-4-5-12/h6-10,12H,4-5H2,1-3H3,(H2,20,21,22,23). The SMILES string of the molecule is CNc1cc(C)nc(Nc2ccc(OC)c(-c3cc(C4CC4)sn3)c2)n1. The number of nitrogens with one attached hydrogen (secondary N) is 2.